The van der Waals surface area contributed by atoms with Crippen LogP contribution in [0.5, 0.6) is 11.5 Å². The van der Waals surface area contributed by atoms with E-state index in [4.69, 9.17) is 9.47 Å². The number of methoxy groups -OCH3 is 2. The largest absolute Gasteiger partial charge is 0.497 e. The molecular formula is C15H14FNO3. The Bertz CT molecular complexity index is 628. The lowest BCUT2D eigenvalue weighted by atomic mass is 10.1. The van der Waals surface area contributed by atoms with Gasteiger partial charge in [0.2, 0.25) is 0 Å². The smallest absolute Gasteiger partial charge is 0.262 e. The zero-order chi connectivity index (χ0) is 14.5. The number of amides is 1. The van der Waals surface area contributed by atoms with E-state index < -0.39 is 11.7 Å². The van der Waals surface area contributed by atoms with Gasteiger partial charge in [0.05, 0.1) is 14.2 Å². The number of benzene rings is 2. The van der Waals surface area contributed by atoms with Crippen LogP contribution >= 0.6 is 0 Å². The van der Waals surface area contributed by atoms with E-state index in [0.717, 1.165) is 0 Å². The van der Waals surface area contributed by atoms with Crippen LogP contribution in [0.3, 0.4) is 0 Å². The molecule has 2 rings (SSSR count). The lowest BCUT2D eigenvalue weighted by molar-refractivity contribution is 0.102. The molecule has 0 radical (unpaired) electrons. The van der Waals surface area contributed by atoms with Crippen molar-refractivity contribution in [2.75, 3.05) is 19.5 Å². The number of carbonyl (C=O) groups excluding carboxylic acids is 1. The number of hydrogen-bond donors (Lipinski definition) is 1. The maximum atomic E-state index is 13.8. The van der Waals surface area contributed by atoms with E-state index in [-0.39, 0.29) is 11.3 Å². The van der Waals surface area contributed by atoms with Crippen LogP contribution in [0.1, 0.15) is 10.4 Å². The fourth-order valence-corrected chi connectivity index (χ4v) is 1.79. The molecule has 5 heteroatoms. The molecule has 0 saturated carbocycles. The fourth-order valence-electron chi connectivity index (χ4n) is 1.79. The van der Waals surface area contributed by atoms with Crippen LogP contribution in [-0.4, -0.2) is 20.1 Å². The highest BCUT2D eigenvalue weighted by molar-refractivity contribution is 6.06. The summed E-state index contributed by atoms with van der Waals surface area (Å²) < 4.78 is 23.8. The van der Waals surface area contributed by atoms with Gasteiger partial charge in [0, 0.05) is 11.8 Å². The van der Waals surface area contributed by atoms with E-state index in [1.165, 1.54) is 32.4 Å². The van der Waals surface area contributed by atoms with Crippen LogP contribution in [0.15, 0.2) is 42.5 Å². The molecule has 0 atom stereocenters. The number of nitrogens with one attached hydrogen (secondary N) is 1. The SMILES string of the molecule is COc1cccc(NC(=O)c2c(F)cccc2OC)c1. The molecule has 4 nitrogen and oxygen atoms in total. The van der Waals surface area contributed by atoms with Gasteiger partial charge in [-0.05, 0) is 24.3 Å². The van der Waals surface area contributed by atoms with E-state index in [0.29, 0.717) is 11.4 Å². The fraction of sp³-hybridized carbons (Fsp3) is 0.133. The van der Waals surface area contributed by atoms with Crippen molar-refractivity contribution in [3.8, 4) is 11.5 Å². The molecule has 104 valence electrons. The van der Waals surface area contributed by atoms with Crippen molar-refractivity contribution in [1.29, 1.82) is 0 Å². The molecule has 0 heterocycles. The van der Waals surface area contributed by atoms with Gasteiger partial charge < -0.3 is 14.8 Å². The molecule has 0 bridgehead atoms. The van der Waals surface area contributed by atoms with Gasteiger partial charge >= 0.3 is 0 Å². The lowest BCUT2D eigenvalue weighted by Crippen LogP contribution is -2.15. The van der Waals surface area contributed by atoms with E-state index in [1.807, 2.05) is 0 Å². The Morgan fingerprint density at radius 1 is 1.10 bits per heavy atom. The summed E-state index contributed by atoms with van der Waals surface area (Å²) in [6.45, 7) is 0. The molecule has 20 heavy (non-hydrogen) atoms. The number of anilines is 1. The molecule has 0 aliphatic heterocycles. The molecule has 0 spiro atoms. The number of hydrogen-bond acceptors (Lipinski definition) is 3. The van der Waals surface area contributed by atoms with Crippen LogP contribution in [0.25, 0.3) is 0 Å². The van der Waals surface area contributed by atoms with Crippen LogP contribution in [0.4, 0.5) is 10.1 Å². The number of halogens is 1. The zero-order valence-electron chi connectivity index (χ0n) is 11.1. The third kappa shape index (κ3) is 2.88. The van der Waals surface area contributed by atoms with Gasteiger partial charge in [-0.15, -0.1) is 0 Å². The van der Waals surface area contributed by atoms with E-state index >= 15 is 0 Å². The quantitative estimate of drug-likeness (QED) is 0.932. The molecule has 1 amide bonds. The molecule has 0 fully saturated rings. The number of carbonyl (C=O) groups is 1. The van der Waals surface area contributed by atoms with Crippen molar-refractivity contribution in [3.63, 3.8) is 0 Å². The Balaban J connectivity index is 2.28. The highest BCUT2D eigenvalue weighted by Crippen LogP contribution is 2.23. The maximum Gasteiger partial charge on any atom is 0.262 e. The summed E-state index contributed by atoms with van der Waals surface area (Å²) in [5.74, 6) is -0.424. The molecule has 0 unspecified atom stereocenters. The van der Waals surface area contributed by atoms with Crippen molar-refractivity contribution in [2.45, 2.75) is 0 Å². The summed E-state index contributed by atoms with van der Waals surface area (Å²) in [4.78, 5) is 12.1. The molecule has 0 saturated heterocycles. The summed E-state index contributed by atoms with van der Waals surface area (Å²) in [6, 6.07) is 11.0. The predicted molar refractivity (Wildman–Crippen MR) is 73.9 cm³/mol. The van der Waals surface area contributed by atoms with Crippen LogP contribution < -0.4 is 14.8 Å². The molecule has 1 N–H and O–H groups in total. The van der Waals surface area contributed by atoms with Crippen molar-refractivity contribution in [1.82, 2.24) is 0 Å². The standard InChI is InChI=1S/C15H14FNO3/c1-19-11-6-3-5-10(9-11)17-15(18)14-12(16)7-4-8-13(14)20-2/h3-9H,1-2H3,(H,17,18). The first-order valence-electron chi connectivity index (χ1n) is 5.93. The number of ether oxygens (including phenoxy) is 2. The summed E-state index contributed by atoms with van der Waals surface area (Å²) in [5, 5.41) is 2.61. The Morgan fingerprint density at radius 2 is 1.85 bits per heavy atom. The van der Waals surface area contributed by atoms with E-state index in [1.54, 1.807) is 24.3 Å². The third-order valence-electron chi connectivity index (χ3n) is 2.75. The highest BCUT2D eigenvalue weighted by atomic mass is 19.1. The minimum atomic E-state index is -0.634. The van der Waals surface area contributed by atoms with Gasteiger partial charge in [-0.2, -0.15) is 0 Å². The van der Waals surface area contributed by atoms with Gasteiger partial charge in [-0.1, -0.05) is 12.1 Å². The average Bonchev–Trinajstić information content (AvgIpc) is 2.46. The molecule has 0 aliphatic rings. The van der Waals surface area contributed by atoms with Crippen molar-refractivity contribution >= 4 is 11.6 Å². The zero-order valence-corrected chi connectivity index (χ0v) is 11.1. The third-order valence-corrected chi connectivity index (χ3v) is 2.75. The predicted octanol–water partition coefficient (Wildman–Crippen LogP) is 3.10. The van der Waals surface area contributed by atoms with Gasteiger partial charge in [0.25, 0.3) is 5.91 Å². The molecule has 0 aliphatic carbocycles. The van der Waals surface area contributed by atoms with Crippen LogP contribution in [-0.2, 0) is 0 Å². The van der Waals surface area contributed by atoms with Crippen molar-refractivity contribution in [2.24, 2.45) is 0 Å². The summed E-state index contributed by atoms with van der Waals surface area (Å²) in [5.41, 5.74) is 0.387. The van der Waals surface area contributed by atoms with E-state index in [2.05, 4.69) is 5.32 Å². The lowest BCUT2D eigenvalue weighted by Gasteiger charge is -2.10. The maximum absolute atomic E-state index is 13.8. The van der Waals surface area contributed by atoms with Gasteiger partial charge in [0.1, 0.15) is 22.9 Å². The van der Waals surface area contributed by atoms with Crippen LogP contribution in [0.2, 0.25) is 0 Å². The van der Waals surface area contributed by atoms with E-state index in [9.17, 15) is 9.18 Å². The van der Waals surface area contributed by atoms with Gasteiger partial charge in [0.15, 0.2) is 0 Å². The van der Waals surface area contributed by atoms with Crippen molar-refractivity contribution < 1.29 is 18.7 Å². The first kappa shape index (κ1) is 13.9. The molecular weight excluding hydrogens is 261 g/mol. The monoisotopic (exact) mass is 275 g/mol. The first-order valence-corrected chi connectivity index (χ1v) is 5.93. The second-order valence-corrected chi connectivity index (χ2v) is 4.00. The Hall–Kier alpha value is -2.56. The molecule has 0 aromatic heterocycles. The minimum Gasteiger partial charge on any atom is -0.497 e. The number of rotatable bonds is 4. The highest BCUT2D eigenvalue weighted by Gasteiger charge is 2.17. The summed E-state index contributed by atoms with van der Waals surface area (Å²) >= 11 is 0. The van der Waals surface area contributed by atoms with Crippen molar-refractivity contribution in [3.05, 3.63) is 53.8 Å². The first-order chi connectivity index (χ1) is 9.65. The second kappa shape index (κ2) is 6.06. The molecule has 2 aromatic rings. The average molecular weight is 275 g/mol. The van der Waals surface area contributed by atoms with Gasteiger partial charge in [-0.3, -0.25) is 4.79 Å². The summed E-state index contributed by atoms with van der Waals surface area (Å²) in [7, 11) is 2.91. The topological polar surface area (TPSA) is 47.6 Å². The minimum absolute atomic E-state index is 0.127. The molecule has 2 aromatic carbocycles. The Morgan fingerprint density at radius 3 is 2.55 bits per heavy atom. The summed E-state index contributed by atoms with van der Waals surface area (Å²) in [6.07, 6.45) is 0. The Kier molecular flexibility index (Phi) is 4.20. The Labute approximate surface area is 116 Å². The van der Waals surface area contributed by atoms with Gasteiger partial charge in [-0.25, -0.2) is 4.39 Å². The second-order valence-electron chi connectivity index (χ2n) is 4.00. The van der Waals surface area contributed by atoms with Crippen LogP contribution in [0, 0.1) is 5.82 Å². The normalized spacial score (nSPS) is 9.95.